The van der Waals surface area contributed by atoms with Gasteiger partial charge in [0.05, 0.1) is 0 Å². The van der Waals surface area contributed by atoms with Gasteiger partial charge in [0, 0.05) is 47.7 Å². The molecule has 0 aromatic heterocycles. The molecule has 37 heavy (non-hydrogen) atoms. The highest BCUT2D eigenvalue weighted by atomic mass is 35.5. The van der Waals surface area contributed by atoms with Crippen LogP contribution in [0.2, 0.25) is 5.02 Å². The first-order valence-electron chi connectivity index (χ1n) is 12.8. The second kappa shape index (κ2) is 11.7. The molecule has 2 unspecified atom stereocenters. The van der Waals surface area contributed by atoms with Crippen LogP contribution in [-0.2, 0) is 16.1 Å². The maximum Gasteiger partial charge on any atom is 0.265 e. The summed E-state index contributed by atoms with van der Waals surface area (Å²) >= 11 is 6.50. The smallest absolute Gasteiger partial charge is 0.265 e. The number of amides is 2. The summed E-state index contributed by atoms with van der Waals surface area (Å²) in [4.78, 5) is 31.8. The third kappa shape index (κ3) is 5.75. The van der Waals surface area contributed by atoms with Crippen LogP contribution >= 0.6 is 11.6 Å². The lowest BCUT2D eigenvalue weighted by atomic mass is 10.00. The molecule has 0 fully saturated rings. The van der Waals surface area contributed by atoms with Crippen LogP contribution in [0.4, 0.5) is 11.4 Å². The second-order valence-electron chi connectivity index (χ2n) is 9.49. The van der Waals surface area contributed by atoms with E-state index in [9.17, 15) is 9.59 Å². The molecule has 1 N–H and O–H groups in total. The quantitative estimate of drug-likeness (QED) is 0.378. The van der Waals surface area contributed by atoms with Crippen LogP contribution in [0.15, 0.2) is 72.8 Å². The van der Waals surface area contributed by atoms with Gasteiger partial charge in [-0.15, -0.1) is 0 Å². The third-order valence-electron chi connectivity index (χ3n) is 6.71. The summed E-state index contributed by atoms with van der Waals surface area (Å²) in [6.07, 6.45) is -0.747. The van der Waals surface area contributed by atoms with Crippen LogP contribution in [-0.4, -0.2) is 35.9 Å². The Morgan fingerprint density at radius 3 is 2.35 bits per heavy atom. The van der Waals surface area contributed by atoms with Crippen molar-refractivity contribution >= 4 is 34.8 Å². The average molecular weight is 520 g/mol. The van der Waals surface area contributed by atoms with Crippen molar-refractivity contribution < 1.29 is 14.3 Å². The zero-order valence-corrected chi connectivity index (χ0v) is 22.5. The lowest BCUT2D eigenvalue weighted by Crippen LogP contribution is -2.46. The van der Waals surface area contributed by atoms with E-state index in [1.54, 1.807) is 11.0 Å². The van der Waals surface area contributed by atoms with Gasteiger partial charge in [0.25, 0.3) is 11.8 Å². The second-order valence-corrected chi connectivity index (χ2v) is 9.90. The first kappa shape index (κ1) is 26.6. The number of halogens is 1. The molecule has 2 amide bonds. The number of hydrogen-bond acceptors (Lipinski definition) is 4. The fraction of sp³-hybridized carbons (Fsp3) is 0.333. The van der Waals surface area contributed by atoms with Crippen LogP contribution in [0.3, 0.4) is 0 Å². The molecule has 6 nitrogen and oxygen atoms in total. The van der Waals surface area contributed by atoms with Crippen LogP contribution in [0.5, 0.6) is 5.75 Å². The molecule has 0 aliphatic carbocycles. The summed E-state index contributed by atoms with van der Waals surface area (Å²) in [5, 5.41) is 3.55. The zero-order chi connectivity index (χ0) is 26.5. The number of rotatable bonds is 8. The topological polar surface area (TPSA) is 61.9 Å². The van der Waals surface area contributed by atoms with Gasteiger partial charge < -0.3 is 19.9 Å². The highest BCUT2D eigenvalue weighted by Crippen LogP contribution is 2.40. The summed E-state index contributed by atoms with van der Waals surface area (Å²) in [7, 11) is 0. The van der Waals surface area contributed by atoms with Crippen molar-refractivity contribution in [3.63, 3.8) is 0 Å². The molecular weight excluding hydrogens is 486 g/mol. The molecule has 1 aliphatic rings. The molecule has 1 heterocycles. The number of para-hydroxylation sites is 1. The van der Waals surface area contributed by atoms with Crippen molar-refractivity contribution in [2.24, 2.45) is 5.92 Å². The fourth-order valence-corrected chi connectivity index (χ4v) is 4.89. The van der Waals surface area contributed by atoms with Crippen molar-refractivity contribution in [1.82, 2.24) is 4.90 Å². The standard InChI is InChI=1S/C30H34ClN3O3/c1-5-33(6-2)23-16-17-24-26(18-23)37-28(20(3)4)30(36)34(19-21-12-10-11-15-25(21)31)27(24)29(35)32-22-13-8-7-9-14-22/h7-18,20,27-28H,5-6,19H2,1-4H3,(H,32,35). The molecule has 0 bridgehead atoms. The molecule has 3 aromatic carbocycles. The Morgan fingerprint density at radius 2 is 1.70 bits per heavy atom. The largest absolute Gasteiger partial charge is 0.480 e. The van der Waals surface area contributed by atoms with Gasteiger partial charge in [-0.2, -0.15) is 0 Å². The summed E-state index contributed by atoms with van der Waals surface area (Å²) in [5.41, 5.74) is 3.05. The number of anilines is 2. The van der Waals surface area contributed by atoms with Crippen molar-refractivity contribution in [3.8, 4) is 5.75 Å². The summed E-state index contributed by atoms with van der Waals surface area (Å²) < 4.78 is 6.41. The molecule has 0 spiro atoms. The van der Waals surface area contributed by atoms with Crippen molar-refractivity contribution in [2.45, 2.75) is 46.4 Å². The summed E-state index contributed by atoms with van der Waals surface area (Å²) in [6, 6.07) is 21.6. The molecule has 4 rings (SSSR count). The Hall–Kier alpha value is -3.51. The molecule has 2 atom stereocenters. The maximum absolute atomic E-state index is 14.0. The van der Waals surface area contributed by atoms with E-state index in [0.29, 0.717) is 22.0 Å². The zero-order valence-electron chi connectivity index (χ0n) is 21.8. The van der Waals surface area contributed by atoms with Crippen LogP contribution in [0.1, 0.15) is 44.9 Å². The van der Waals surface area contributed by atoms with Gasteiger partial charge >= 0.3 is 0 Å². The van der Waals surface area contributed by atoms with E-state index in [4.69, 9.17) is 16.3 Å². The van der Waals surface area contributed by atoms with E-state index in [1.807, 2.05) is 80.6 Å². The number of fused-ring (bicyclic) bond motifs is 1. The van der Waals surface area contributed by atoms with E-state index < -0.39 is 12.1 Å². The van der Waals surface area contributed by atoms with Crippen LogP contribution < -0.4 is 15.0 Å². The van der Waals surface area contributed by atoms with Gasteiger partial charge in [0.2, 0.25) is 0 Å². The first-order chi connectivity index (χ1) is 17.8. The molecule has 194 valence electrons. The molecular formula is C30H34ClN3O3. The van der Waals surface area contributed by atoms with Gasteiger partial charge in [0.15, 0.2) is 6.10 Å². The van der Waals surface area contributed by atoms with Gasteiger partial charge in [-0.1, -0.05) is 67.9 Å². The van der Waals surface area contributed by atoms with Gasteiger partial charge in [-0.3, -0.25) is 9.59 Å². The van der Waals surface area contributed by atoms with Crippen LogP contribution in [0, 0.1) is 5.92 Å². The predicted octanol–water partition coefficient (Wildman–Crippen LogP) is 6.31. The molecule has 0 saturated carbocycles. The summed E-state index contributed by atoms with van der Waals surface area (Å²) in [5.74, 6) is -0.117. The van der Waals surface area contributed by atoms with E-state index in [0.717, 1.165) is 24.3 Å². The minimum atomic E-state index is -0.909. The van der Waals surface area contributed by atoms with Gasteiger partial charge in [-0.05, 0) is 49.6 Å². The molecule has 0 saturated heterocycles. The molecule has 3 aromatic rings. The van der Waals surface area contributed by atoms with Gasteiger partial charge in [-0.25, -0.2) is 0 Å². The molecule has 1 aliphatic heterocycles. The normalized spacial score (nSPS) is 17.1. The predicted molar refractivity (Wildman–Crippen MR) is 149 cm³/mol. The van der Waals surface area contributed by atoms with E-state index >= 15 is 0 Å². The Labute approximate surface area is 224 Å². The monoisotopic (exact) mass is 519 g/mol. The number of benzene rings is 3. The SMILES string of the molecule is CCN(CC)c1ccc2c(c1)OC(C(C)C)C(=O)N(Cc1ccccc1Cl)C2C(=O)Nc1ccccc1. The van der Waals surface area contributed by atoms with Crippen molar-refractivity contribution in [2.75, 3.05) is 23.3 Å². The number of nitrogens with zero attached hydrogens (tertiary/aromatic N) is 2. The average Bonchev–Trinajstić information content (AvgIpc) is 3.01. The number of carbonyl (C=O) groups excluding carboxylic acids is 2. The Morgan fingerprint density at radius 1 is 1.03 bits per heavy atom. The van der Waals surface area contributed by atoms with E-state index in [2.05, 4.69) is 24.1 Å². The number of ether oxygens (including phenoxy) is 1. The van der Waals surface area contributed by atoms with E-state index in [1.165, 1.54) is 0 Å². The molecule has 7 heteroatoms. The van der Waals surface area contributed by atoms with Crippen molar-refractivity contribution in [3.05, 3.63) is 88.9 Å². The number of nitrogens with one attached hydrogen (secondary N) is 1. The highest BCUT2D eigenvalue weighted by molar-refractivity contribution is 6.31. The fourth-order valence-electron chi connectivity index (χ4n) is 4.70. The van der Waals surface area contributed by atoms with Crippen LogP contribution in [0.25, 0.3) is 0 Å². The molecule has 0 radical (unpaired) electrons. The minimum absolute atomic E-state index is 0.109. The lowest BCUT2D eigenvalue weighted by molar-refractivity contribution is -0.146. The Kier molecular flexibility index (Phi) is 8.39. The van der Waals surface area contributed by atoms with Gasteiger partial charge in [0.1, 0.15) is 11.8 Å². The Bertz CT molecular complexity index is 1240. The minimum Gasteiger partial charge on any atom is -0.480 e. The third-order valence-corrected chi connectivity index (χ3v) is 7.07. The lowest BCUT2D eigenvalue weighted by Gasteiger charge is -2.31. The maximum atomic E-state index is 14.0. The summed E-state index contributed by atoms with van der Waals surface area (Å²) in [6.45, 7) is 9.94. The first-order valence-corrected chi connectivity index (χ1v) is 13.2. The van der Waals surface area contributed by atoms with Crippen molar-refractivity contribution in [1.29, 1.82) is 0 Å². The highest BCUT2D eigenvalue weighted by Gasteiger charge is 2.42. The Balaban J connectivity index is 1.86. The number of hydrogen-bond donors (Lipinski definition) is 1. The number of carbonyl (C=O) groups is 2. The van der Waals surface area contributed by atoms with E-state index in [-0.39, 0.29) is 24.3 Å².